The van der Waals surface area contributed by atoms with E-state index in [4.69, 9.17) is 10.9 Å². The predicted molar refractivity (Wildman–Crippen MR) is 102 cm³/mol. The molecule has 0 bridgehead atoms. The van der Waals surface area contributed by atoms with Gasteiger partial charge in [0.15, 0.2) is 5.84 Å². The largest absolute Gasteiger partial charge is 0.409 e. The van der Waals surface area contributed by atoms with Crippen LogP contribution < -0.4 is 5.73 Å². The monoisotopic (exact) mass is 359 g/mol. The second-order valence-corrected chi connectivity index (χ2v) is 5.56. The van der Waals surface area contributed by atoms with Crippen molar-refractivity contribution in [3.63, 3.8) is 0 Å². The number of hydrogen-bond acceptors (Lipinski definition) is 3. The van der Waals surface area contributed by atoms with Crippen molar-refractivity contribution < 1.29 is 5.21 Å². The summed E-state index contributed by atoms with van der Waals surface area (Å²) in [5.74, 6) is 0.123. The Labute approximate surface area is 151 Å². The number of oxime groups is 1. The van der Waals surface area contributed by atoms with E-state index >= 15 is 0 Å². The smallest absolute Gasteiger partial charge is 0.162 e. The lowest BCUT2D eigenvalue weighted by molar-refractivity contribution is 0.226. The Bertz CT molecular complexity index is 500. The first-order valence-electron chi connectivity index (χ1n) is 7.75. The highest BCUT2D eigenvalue weighted by Gasteiger charge is 2.09. The van der Waals surface area contributed by atoms with Crippen molar-refractivity contribution in [2.24, 2.45) is 10.9 Å². The third-order valence-electron chi connectivity index (χ3n) is 3.97. The van der Waals surface area contributed by atoms with Gasteiger partial charge in [0.25, 0.3) is 0 Å². The van der Waals surface area contributed by atoms with Gasteiger partial charge in [-0.2, -0.15) is 0 Å². The Kier molecular flexibility index (Phi) is 11.6. The number of likely N-dealkylation sites (tertiary alicyclic amines) is 1. The van der Waals surface area contributed by atoms with Crippen molar-refractivity contribution in [2.75, 3.05) is 19.6 Å². The molecule has 3 N–H and O–H groups in total. The average Bonchev–Trinajstić information content (AvgIpc) is 2.54. The number of nitrogens with two attached hydrogens (primary N) is 1. The third-order valence-corrected chi connectivity index (χ3v) is 3.97. The van der Waals surface area contributed by atoms with E-state index in [0.717, 1.165) is 12.0 Å². The maximum atomic E-state index is 8.57. The van der Waals surface area contributed by atoms with Crippen LogP contribution in [-0.2, 0) is 6.42 Å². The Morgan fingerprint density at radius 2 is 1.87 bits per heavy atom. The summed E-state index contributed by atoms with van der Waals surface area (Å²) in [5.41, 5.74) is 7.93. The van der Waals surface area contributed by atoms with E-state index in [-0.39, 0.29) is 30.6 Å². The van der Waals surface area contributed by atoms with Gasteiger partial charge in [-0.1, -0.05) is 41.9 Å². The van der Waals surface area contributed by atoms with Crippen LogP contribution in [0.25, 0.3) is 6.08 Å². The first kappa shape index (κ1) is 21.8. The average molecular weight is 360 g/mol. The van der Waals surface area contributed by atoms with E-state index in [1.165, 1.54) is 50.9 Å². The Hall–Kier alpha value is -1.23. The summed E-state index contributed by atoms with van der Waals surface area (Å²) >= 11 is 0. The van der Waals surface area contributed by atoms with E-state index in [0.29, 0.717) is 0 Å². The topological polar surface area (TPSA) is 61.8 Å². The molecule has 130 valence electrons. The van der Waals surface area contributed by atoms with Crippen molar-refractivity contribution in [1.29, 1.82) is 0 Å². The number of halogens is 2. The minimum atomic E-state index is 0. The van der Waals surface area contributed by atoms with Gasteiger partial charge in [0.1, 0.15) is 0 Å². The van der Waals surface area contributed by atoms with Gasteiger partial charge in [-0.15, -0.1) is 24.8 Å². The molecule has 1 heterocycles. The SMILES string of the molecule is Cl.Cl.NC(C=Cc1ccccc1CCCN1CCCCC1)=NO. The van der Waals surface area contributed by atoms with Gasteiger partial charge in [-0.3, -0.25) is 0 Å². The molecule has 1 aromatic carbocycles. The Morgan fingerprint density at radius 1 is 1.17 bits per heavy atom. The molecule has 23 heavy (non-hydrogen) atoms. The summed E-state index contributed by atoms with van der Waals surface area (Å²) in [6, 6.07) is 8.30. The summed E-state index contributed by atoms with van der Waals surface area (Å²) in [5, 5.41) is 11.5. The highest BCUT2D eigenvalue weighted by molar-refractivity contribution is 5.94. The minimum absolute atomic E-state index is 0. The normalized spacial score (nSPS) is 15.9. The second-order valence-electron chi connectivity index (χ2n) is 5.56. The van der Waals surface area contributed by atoms with Gasteiger partial charge in [-0.25, -0.2) is 0 Å². The molecule has 4 nitrogen and oxygen atoms in total. The molecular formula is C17H27Cl2N3O. The zero-order valence-corrected chi connectivity index (χ0v) is 15.0. The first-order valence-corrected chi connectivity index (χ1v) is 7.75. The standard InChI is InChI=1S/C17H25N3O.2ClH/c18-17(19-21)11-10-16-8-3-2-7-15(16)9-6-14-20-12-4-1-5-13-20;;/h2-3,7-8,10-11,21H,1,4-6,9,12-14H2,(H2,18,19);2*1H. The van der Waals surface area contributed by atoms with E-state index in [9.17, 15) is 0 Å². The van der Waals surface area contributed by atoms with Crippen LogP contribution in [0.4, 0.5) is 0 Å². The zero-order chi connectivity index (χ0) is 14.9. The molecule has 0 unspecified atom stereocenters. The molecule has 0 amide bonds. The molecule has 0 saturated carbocycles. The molecule has 0 radical (unpaired) electrons. The fraction of sp³-hybridized carbons (Fsp3) is 0.471. The molecular weight excluding hydrogens is 333 g/mol. The first-order chi connectivity index (χ1) is 10.3. The van der Waals surface area contributed by atoms with Crippen LogP contribution in [0, 0.1) is 0 Å². The van der Waals surface area contributed by atoms with Crippen molar-refractivity contribution in [3.8, 4) is 0 Å². The van der Waals surface area contributed by atoms with Crippen LogP contribution in [0.1, 0.15) is 36.8 Å². The van der Waals surface area contributed by atoms with Crippen LogP contribution in [0.2, 0.25) is 0 Å². The molecule has 1 aliphatic heterocycles. The van der Waals surface area contributed by atoms with Gasteiger partial charge in [0.2, 0.25) is 0 Å². The molecule has 6 heteroatoms. The van der Waals surface area contributed by atoms with Crippen molar-refractivity contribution in [3.05, 3.63) is 41.5 Å². The van der Waals surface area contributed by atoms with E-state index in [2.05, 4.69) is 28.3 Å². The second kappa shape index (κ2) is 12.2. The lowest BCUT2D eigenvalue weighted by atomic mass is 10.0. The number of benzene rings is 1. The van der Waals surface area contributed by atoms with Crippen LogP contribution >= 0.6 is 24.8 Å². The summed E-state index contributed by atoms with van der Waals surface area (Å²) in [6.45, 7) is 3.69. The van der Waals surface area contributed by atoms with Gasteiger partial charge in [-0.05, 0) is 62.5 Å². The number of aryl methyl sites for hydroxylation is 1. The maximum absolute atomic E-state index is 8.57. The van der Waals surface area contributed by atoms with Gasteiger partial charge in [0, 0.05) is 0 Å². The highest BCUT2D eigenvalue weighted by Crippen LogP contribution is 2.15. The fourth-order valence-corrected chi connectivity index (χ4v) is 2.81. The molecule has 0 aromatic heterocycles. The number of amidine groups is 1. The quantitative estimate of drug-likeness (QED) is 0.352. The van der Waals surface area contributed by atoms with Crippen LogP contribution in [0.15, 0.2) is 35.5 Å². The van der Waals surface area contributed by atoms with E-state index in [1.54, 1.807) is 6.08 Å². The number of hydrogen-bond donors (Lipinski definition) is 2. The van der Waals surface area contributed by atoms with Gasteiger partial charge < -0.3 is 15.8 Å². The Morgan fingerprint density at radius 3 is 2.57 bits per heavy atom. The summed E-state index contributed by atoms with van der Waals surface area (Å²) in [4.78, 5) is 2.57. The van der Waals surface area contributed by atoms with E-state index < -0.39 is 0 Å². The van der Waals surface area contributed by atoms with Gasteiger partial charge >= 0.3 is 0 Å². The van der Waals surface area contributed by atoms with Crippen LogP contribution in [0.3, 0.4) is 0 Å². The minimum Gasteiger partial charge on any atom is -0.409 e. The molecule has 1 aliphatic rings. The molecule has 0 spiro atoms. The molecule has 0 aliphatic carbocycles. The van der Waals surface area contributed by atoms with Crippen LogP contribution in [-0.4, -0.2) is 35.6 Å². The number of nitrogens with zero attached hydrogens (tertiary/aromatic N) is 2. The summed E-state index contributed by atoms with van der Waals surface area (Å²) in [7, 11) is 0. The molecule has 1 saturated heterocycles. The summed E-state index contributed by atoms with van der Waals surface area (Å²) in [6.07, 6.45) is 9.85. The number of rotatable bonds is 6. The lowest BCUT2D eigenvalue weighted by Crippen LogP contribution is -2.30. The molecule has 2 rings (SSSR count). The van der Waals surface area contributed by atoms with E-state index in [1.807, 2.05) is 12.1 Å². The van der Waals surface area contributed by atoms with Crippen molar-refractivity contribution in [1.82, 2.24) is 4.90 Å². The Balaban J connectivity index is 0.00000242. The van der Waals surface area contributed by atoms with Crippen molar-refractivity contribution >= 4 is 36.7 Å². The zero-order valence-electron chi connectivity index (χ0n) is 13.4. The molecule has 0 atom stereocenters. The molecule has 1 fully saturated rings. The van der Waals surface area contributed by atoms with Crippen LogP contribution in [0.5, 0.6) is 0 Å². The molecule has 1 aromatic rings. The third kappa shape index (κ3) is 7.73. The van der Waals surface area contributed by atoms with Crippen molar-refractivity contribution in [2.45, 2.75) is 32.1 Å². The lowest BCUT2D eigenvalue weighted by Gasteiger charge is -2.26. The maximum Gasteiger partial charge on any atom is 0.162 e. The fourth-order valence-electron chi connectivity index (χ4n) is 2.81. The predicted octanol–water partition coefficient (Wildman–Crippen LogP) is 3.71. The number of piperidine rings is 1. The van der Waals surface area contributed by atoms with Gasteiger partial charge in [0.05, 0.1) is 0 Å². The summed E-state index contributed by atoms with van der Waals surface area (Å²) < 4.78 is 0. The highest BCUT2D eigenvalue weighted by atomic mass is 35.5.